The Labute approximate surface area is 149 Å². The minimum absolute atomic E-state index is 0.250. The van der Waals surface area contributed by atoms with E-state index in [1.807, 2.05) is 12.1 Å². The summed E-state index contributed by atoms with van der Waals surface area (Å²) in [6.07, 6.45) is 9.06. The van der Waals surface area contributed by atoms with Gasteiger partial charge in [-0.05, 0) is 43.4 Å². The van der Waals surface area contributed by atoms with Crippen molar-refractivity contribution < 1.29 is 9.53 Å². The van der Waals surface area contributed by atoms with E-state index < -0.39 is 0 Å². The van der Waals surface area contributed by atoms with Gasteiger partial charge in [-0.1, -0.05) is 49.4 Å². The first-order valence-electron chi connectivity index (χ1n) is 9.39. The van der Waals surface area contributed by atoms with E-state index in [2.05, 4.69) is 17.0 Å². The van der Waals surface area contributed by atoms with Gasteiger partial charge in [0.1, 0.15) is 0 Å². The Morgan fingerprint density at radius 3 is 2.54 bits per heavy atom. The molecule has 4 rings (SSSR count). The predicted molar refractivity (Wildman–Crippen MR) is 95.3 cm³/mol. The van der Waals surface area contributed by atoms with Gasteiger partial charge in [0.15, 0.2) is 0 Å². The molecular formula is C20H26ClNO2. The Bertz CT molecular complexity index is 592. The molecule has 1 aromatic rings. The van der Waals surface area contributed by atoms with Gasteiger partial charge in [-0.3, -0.25) is 4.79 Å². The van der Waals surface area contributed by atoms with Crippen molar-refractivity contribution in [3.05, 3.63) is 34.9 Å². The highest BCUT2D eigenvalue weighted by atomic mass is 35.5. The second kappa shape index (κ2) is 6.68. The van der Waals surface area contributed by atoms with E-state index in [9.17, 15) is 4.79 Å². The van der Waals surface area contributed by atoms with Gasteiger partial charge < -0.3 is 9.64 Å². The highest BCUT2D eigenvalue weighted by Gasteiger charge is 2.48. The molecule has 0 N–H and O–H groups in total. The van der Waals surface area contributed by atoms with Crippen molar-refractivity contribution >= 4 is 17.5 Å². The Morgan fingerprint density at radius 1 is 1.08 bits per heavy atom. The highest BCUT2D eigenvalue weighted by Crippen LogP contribution is 2.44. The van der Waals surface area contributed by atoms with E-state index in [0.29, 0.717) is 12.5 Å². The van der Waals surface area contributed by atoms with Gasteiger partial charge in [0.05, 0.1) is 24.2 Å². The Hall–Kier alpha value is -1.06. The number of hydrogen-bond acceptors (Lipinski definition) is 2. The Morgan fingerprint density at radius 2 is 1.79 bits per heavy atom. The molecule has 2 aliphatic carbocycles. The maximum Gasteiger partial charge on any atom is 0.233 e. The molecule has 1 heterocycles. The van der Waals surface area contributed by atoms with Crippen molar-refractivity contribution in [3.63, 3.8) is 0 Å². The molecule has 1 aromatic carbocycles. The number of carbonyl (C=O) groups excluding carboxylic acids is 1. The smallest absolute Gasteiger partial charge is 0.233 e. The third-order valence-corrected chi connectivity index (χ3v) is 6.51. The topological polar surface area (TPSA) is 29.5 Å². The molecule has 3 fully saturated rings. The van der Waals surface area contributed by atoms with Crippen LogP contribution < -0.4 is 0 Å². The zero-order valence-electron chi connectivity index (χ0n) is 14.2. The Kier molecular flexibility index (Phi) is 4.57. The zero-order valence-corrected chi connectivity index (χ0v) is 14.9. The molecule has 0 aromatic heterocycles. The lowest BCUT2D eigenvalue weighted by Gasteiger charge is -2.47. The summed E-state index contributed by atoms with van der Waals surface area (Å²) in [5.74, 6) is 0.336. The average Bonchev–Trinajstić information content (AvgIpc) is 3.12. The van der Waals surface area contributed by atoms with Crippen LogP contribution >= 0.6 is 11.6 Å². The second-order valence-electron chi connectivity index (χ2n) is 7.56. The molecule has 2 saturated carbocycles. The number of hydrogen-bond donors (Lipinski definition) is 0. The molecule has 0 bridgehead atoms. The van der Waals surface area contributed by atoms with Crippen LogP contribution in [0.2, 0.25) is 5.02 Å². The molecule has 1 saturated heterocycles. The molecule has 3 nitrogen and oxygen atoms in total. The van der Waals surface area contributed by atoms with Crippen LogP contribution in [-0.2, 0) is 14.9 Å². The van der Waals surface area contributed by atoms with Crippen LogP contribution in [0, 0.1) is 0 Å². The van der Waals surface area contributed by atoms with Crippen LogP contribution in [0.5, 0.6) is 0 Å². The predicted octanol–water partition coefficient (Wildman–Crippen LogP) is 4.32. The van der Waals surface area contributed by atoms with Gasteiger partial charge in [0.25, 0.3) is 0 Å². The third-order valence-electron chi connectivity index (χ3n) is 6.26. The molecule has 2 unspecified atom stereocenters. The van der Waals surface area contributed by atoms with Crippen molar-refractivity contribution in [1.82, 2.24) is 4.90 Å². The van der Waals surface area contributed by atoms with Crippen molar-refractivity contribution in [2.75, 3.05) is 13.2 Å². The minimum atomic E-state index is -0.343. The first kappa shape index (κ1) is 16.4. The largest absolute Gasteiger partial charge is 0.374 e. The van der Waals surface area contributed by atoms with E-state index in [1.54, 1.807) is 0 Å². The lowest BCUT2D eigenvalue weighted by atomic mass is 9.76. The van der Waals surface area contributed by atoms with Crippen LogP contribution in [0.1, 0.15) is 56.9 Å². The van der Waals surface area contributed by atoms with Crippen molar-refractivity contribution in [1.29, 1.82) is 0 Å². The summed E-state index contributed by atoms with van der Waals surface area (Å²) in [6, 6.07) is 8.25. The fourth-order valence-electron chi connectivity index (χ4n) is 5.00. The molecule has 130 valence electrons. The molecule has 0 radical (unpaired) electrons. The van der Waals surface area contributed by atoms with Gasteiger partial charge in [-0.2, -0.15) is 0 Å². The molecule has 1 amide bonds. The summed E-state index contributed by atoms with van der Waals surface area (Å²) in [5, 5.41) is 0.734. The minimum Gasteiger partial charge on any atom is -0.374 e. The van der Waals surface area contributed by atoms with Gasteiger partial charge in [-0.15, -0.1) is 0 Å². The van der Waals surface area contributed by atoms with Crippen molar-refractivity contribution in [2.45, 2.75) is 68.9 Å². The van der Waals surface area contributed by atoms with Crippen LogP contribution in [0.25, 0.3) is 0 Å². The summed E-state index contributed by atoms with van der Waals surface area (Å²) in [5.41, 5.74) is 0.803. The van der Waals surface area contributed by atoms with Crippen LogP contribution in [-0.4, -0.2) is 36.1 Å². The fourth-order valence-corrected chi connectivity index (χ4v) is 5.12. The second-order valence-corrected chi connectivity index (χ2v) is 7.99. The normalized spacial score (nSPS) is 29.3. The SMILES string of the molecule is O=C(N1CCOC2CCCCC21)C1(c2ccc(Cl)cc2)CCCC1. The number of carbonyl (C=O) groups is 1. The number of rotatable bonds is 2. The third kappa shape index (κ3) is 2.76. The number of nitrogens with zero attached hydrogens (tertiary/aromatic N) is 1. The average molecular weight is 348 g/mol. The van der Waals surface area contributed by atoms with Crippen LogP contribution in [0.3, 0.4) is 0 Å². The first-order valence-corrected chi connectivity index (χ1v) is 9.77. The van der Waals surface area contributed by atoms with E-state index >= 15 is 0 Å². The van der Waals surface area contributed by atoms with E-state index in [-0.39, 0.29) is 17.6 Å². The number of ether oxygens (including phenoxy) is 1. The standard InChI is InChI=1S/C20H26ClNO2/c21-16-9-7-15(8-10-16)20(11-3-4-12-20)19(23)22-13-14-24-18-6-2-1-5-17(18)22/h7-10,17-18H,1-6,11-14H2. The lowest BCUT2D eigenvalue weighted by molar-refractivity contribution is -0.155. The van der Waals surface area contributed by atoms with E-state index in [1.165, 1.54) is 12.8 Å². The van der Waals surface area contributed by atoms with Crippen molar-refractivity contribution in [3.8, 4) is 0 Å². The molecule has 0 spiro atoms. The molecule has 1 aliphatic heterocycles. The zero-order chi connectivity index (χ0) is 16.6. The molecule has 3 aliphatic rings. The van der Waals surface area contributed by atoms with Gasteiger partial charge >= 0.3 is 0 Å². The lowest BCUT2D eigenvalue weighted by Crippen LogP contribution is -2.59. The molecular weight excluding hydrogens is 322 g/mol. The monoisotopic (exact) mass is 347 g/mol. The van der Waals surface area contributed by atoms with Gasteiger partial charge in [-0.25, -0.2) is 0 Å². The molecule has 4 heteroatoms. The van der Waals surface area contributed by atoms with Crippen LogP contribution in [0.4, 0.5) is 0 Å². The number of benzene rings is 1. The first-order chi connectivity index (χ1) is 11.7. The summed E-state index contributed by atoms with van der Waals surface area (Å²) in [6.45, 7) is 1.43. The number of amides is 1. The molecule has 2 atom stereocenters. The number of fused-ring (bicyclic) bond motifs is 1. The van der Waals surface area contributed by atoms with Gasteiger partial charge in [0.2, 0.25) is 5.91 Å². The Balaban J connectivity index is 1.65. The number of halogens is 1. The van der Waals surface area contributed by atoms with Crippen LogP contribution in [0.15, 0.2) is 24.3 Å². The quantitative estimate of drug-likeness (QED) is 0.797. The van der Waals surface area contributed by atoms with Crippen molar-refractivity contribution in [2.24, 2.45) is 0 Å². The summed E-state index contributed by atoms with van der Waals surface area (Å²) in [7, 11) is 0. The fraction of sp³-hybridized carbons (Fsp3) is 0.650. The maximum absolute atomic E-state index is 13.7. The van der Waals surface area contributed by atoms with Gasteiger partial charge in [0, 0.05) is 11.6 Å². The summed E-state index contributed by atoms with van der Waals surface area (Å²) in [4.78, 5) is 15.9. The summed E-state index contributed by atoms with van der Waals surface area (Å²) >= 11 is 6.07. The highest BCUT2D eigenvalue weighted by molar-refractivity contribution is 6.30. The number of morpholine rings is 1. The van der Waals surface area contributed by atoms with E-state index in [0.717, 1.165) is 55.7 Å². The van der Waals surface area contributed by atoms with E-state index in [4.69, 9.17) is 16.3 Å². The summed E-state index contributed by atoms with van der Waals surface area (Å²) < 4.78 is 5.97. The maximum atomic E-state index is 13.7. The molecule has 24 heavy (non-hydrogen) atoms.